The van der Waals surface area contributed by atoms with Crippen LogP contribution in [0.25, 0.3) is 0 Å². The van der Waals surface area contributed by atoms with Gasteiger partial charge in [0.25, 0.3) is 0 Å². The van der Waals surface area contributed by atoms with Crippen LogP contribution in [0.4, 0.5) is 0 Å². The molecule has 0 saturated heterocycles. The van der Waals surface area contributed by atoms with Crippen molar-refractivity contribution < 1.29 is 14.6 Å². The van der Waals surface area contributed by atoms with Crippen LogP contribution in [-0.2, 0) is 6.54 Å². The van der Waals surface area contributed by atoms with Crippen LogP contribution in [0.2, 0.25) is 0 Å². The lowest BCUT2D eigenvalue weighted by molar-refractivity contribution is 0.279. The second-order valence-corrected chi connectivity index (χ2v) is 5.11. The largest absolute Gasteiger partial charge is 0.493 e. The van der Waals surface area contributed by atoms with Crippen LogP contribution in [0, 0.1) is 0 Å². The van der Waals surface area contributed by atoms with Crippen molar-refractivity contribution in [2.45, 2.75) is 45.6 Å². The second kappa shape index (κ2) is 11.4. The third-order valence-electron chi connectivity index (χ3n) is 3.35. The summed E-state index contributed by atoms with van der Waals surface area (Å²) < 4.78 is 11.3. The summed E-state index contributed by atoms with van der Waals surface area (Å²) >= 11 is 0. The van der Waals surface area contributed by atoms with Crippen LogP contribution < -0.4 is 14.8 Å². The molecule has 0 aromatic heterocycles. The molecule has 0 amide bonds. The molecule has 0 fully saturated rings. The van der Waals surface area contributed by atoms with E-state index in [-0.39, 0.29) is 6.61 Å². The molecule has 0 aliphatic rings. The molecule has 0 bridgehead atoms. The SMILES string of the molecule is CCCCCCOc1c(CNCCCO)cccc1OC. The molecule has 0 radical (unpaired) electrons. The number of para-hydroxylation sites is 1. The van der Waals surface area contributed by atoms with Gasteiger partial charge in [-0.05, 0) is 25.5 Å². The minimum absolute atomic E-state index is 0.214. The van der Waals surface area contributed by atoms with E-state index in [2.05, 4.69) is 18.3 Å². The van der Waals surface area contributed by atoms with Crippen molar-refractivity contribution >= 4 is 0 Å². The standard InChI is InChI=1S/C17H29NO3/c1-3-4-5-6-13-21-17-15(14-18-11-8-12-19)9-7-10-16(17)20-2/h7,9-10,18-19H,3-6,8,11-14H2,1-2H3. The van der Waals surface area contributed by atoms with Crippen LogP contribution in [0.15, 0.2) is 18.2 Å². The predicted molar refractivity (Wildman–Crippen MR) is 86.0 cm³/mol. The maximum atomic E-state index is 8.80. The molecule has 4 nitrogen and oxygen atoms in total. The Hall–Kier alpha value is -1.26. The number of hydrogen-bond acceptors (Lipinski definition) is 4. The maximum absolute atomic E-state index is 8.80. The Morgan fingerprint density at radius 3 is 2.71 bits per heavy atom. The van der Waals surface area contributed by atoms with Crippen molar-refractivity contribution in [3.63, 3.8) is 0 Å². The van der Waals surface area contributed by atoms with Crippen LogP contribution in [0.3, 0.4) is 0 Å². The fraction of sp³-hybridized carbons (Fsp3) is 0.647. The van der Waals surface area contributed by atoms with Crippen LogP contribution in [0.1, 0.15) is 44.6 Å². The lowest BCUT2D eigenvalue weighted by Crippen LogP contribution is -2.16. The molecule has 4 heteroatoms. The highest BCUT2D eigenvalue weighted by molar-refractivity contribution is 5.46. The van der Waals surface area contributed by atoms with Gasteiger partial charge in [-0.2, -0.15) is 0 Å². The average molecular weight is 295 g/mol. The smallest absolute Gasteiger partial charge is 0.165 e. The predicted octanol–water partition coefficient (Wildman–Crippen LogP) is 3.13. The lowest BCUT2D eigenvalue weighted by atomic mass is 10.1. The first-order chi connectivity index (χ1) is 10.3. The van der Waals surface area contributed by atoms with Gasteiger partial charge in [-0.3, -0.25) is 0 Å². The number of unbranched alkanes of at least 4 members (excludes halogenated alkanes) is 3. The van der Waals surface area contributed by atoms with E-state index in [1.54, 1.807) is 7.11 Å². The van der Waals surface area contributed by atoms with E-state index in [4.69, 9.17) is 14.6 Å². The van der Waals surface area contributed by atoms with Gasteiger partial charge < -0.3 is 19.9 Å². The molecule has 1 rings (SSSR count). The molecule has 21 heavy (non-hydrogen) atoms. The van der Waals surface area contributed by atoms with Gasteiger partial charge in [0.05, 0.1) is 13.7 Å². The summed E-state index contributed by atoms with van der Waals surface area (Å²) in [6, 6.07) is 5.96. The molecular weight excluding hydrogens is 266 g/mol. The van der Waals surface area contributed by atoms with Gasteiger partial charge in [0, 0.05) is 18.7 Å². The molecule has 0 aliphatic heterocycles. The molecule has 0 aliphatic carbocycles. The van der Waals surface area contributed by atoms with Gasteiger partial charge >= 0.3 is 0 Å². The summed E-state index contributed by atoms with van der Waals surface area (Å²) in [5, 5.41) is 12.1. The number of methoxy groups -OCH3 is 1. The van der Waals surface area contributed by atoms with Crippen LogP contribution in [-0.4, -0.2) is 32.0 Å². The van der Waals surface area contributed by atoms with Crippen molar-refractivity contribution in [2.24, 2.45) is 0 Å². The third-order valence-corrected chi connectivity index (χ3v) is 3.35. The van der Waals surface area contributed by atoms with E-state index < -0.39 is 0 Å². The first-order valence-corrected chi connectivity index (χ1v) is 7.93. The zero-order chi connectivity index (χ0) is 15.3. The Kier molecular flexibility index (Phi) is 9.66. The summed E-state index contributed by atoms with van der Waals surface area (Å²) in [6.45, 7) is 4.66. The van der Waals surface area contributed by atoms with Crippen molar-refractivity contribution in [3.8, 4) is 11.5 Å². The Balaban J connectivity index is 2.55. The van der Waals surface area contributed by atoms with Crippen molar-refractivity contribution in [2.75, 3.05) is 26.9 Å². The molecule has 120 valence electrons. The highest BCUT2D eigenvalue weighted by Gasteiger charge is 2.10. The fourth-order valence-electron chi connectivity index (χ4n) is 2.16. The van der Waals surface area contributed by atoms with Crippen molar-refractivity contribution in [1.29, 1.82) is 0 Å². The van der Waals surface area contributed by atoms with Crippen LogP contribution in [0.5, 0.6) is 11.5 Å². The minimum atomic E-state index is 0.214. The van der Waals surface area contributed by atoms with E-state index >= 15 is 0 Å². The van der Waals surface area contributed by atoms with Gasteiger partial charge in [-0.1, -0.05) is 38.3 Å². The van der Waals surface area contributed by atoms with Gasteiger partial charge in [0.2, 0.25) is 0 Å². The second-order valence-electron chi connectivity index (χ2n) is 5.11. The summed E-state index contributed by atoms with van der Waals surface area (Å²) in [6.07, 6.45) is 5.52. The fourth-order valence-corrected chi connectivity index (χ4v) is 2.16. The highest BCUT2D eigenvalue weighted by atomic mass is 16.5. The molecular formula is C17H29NO3. The molecule has 0 spiro atoms. The van der Waals surface area contributed by atoms with Gasteiger partial charge in [0.15, 0.2) is 11.5 Å². The lowest BCUT2D eigenvalue weighted by Gasteiger charge is -2.15. The minimum Gasteiger partial charge on any atom is -0.493 e. The molecule has 1 aromatic carbocycles. The zero-order valence-electron chi connectivity index (χ0n) is 13.4. The quantitative estimate of drug-likeness (QED) is 0.582. The van der Waals surface area contributed by atoms with Gasteiger partial charge in [-0.25, -0.2) is 0 Å². The molecule has 1 aromatic rings. The molecule has 0 saturated carbocycles. The van der Waals surface area contributed by atoms with Crippen molar-refractivity contribution in [3.05, 3.63) is 23.8 Å². The number of aliphatic hydroxyl groups excluding tert-OH is 1. The summed E-state index contributed by atoms with van der Waals surface area (Å²) in [5.41, 5.74) is 1.10. The van der Waals surface area contributed by atoms with Gasteiger partial charge in [0.1, 0.15) is 0 Å². The molecule has 0 atom stereocenters. The first kappa shape index (κ1) is 17.8. The Bertz CT molecular complexity index is 382. The number of rotatable bonds is 12. The topological polar surface area (TPSA) is 50.7 Å². The van der Waals surface area contributed by atoms with E-state index in [1.807, 2.05) is 12.1 Å². The van der Waals surface area contributed by atoms with E-state index in [9.17, 15) is 0 Å². The van der Waals surface area contributed by atoms with Gasteiger partial charge in [-0.15, -0.1) is 0 Å². The van der Waals surface area contributed by atoms with Crippen molar-refractivity contribution in [1.82, 2.24) is 5.32 Å². The number of nitrogens with one attached hydrogen (secondary N) is 1. The molecule has 0 unspecified atom stereocenters. The average Bonchev–Trinajstić information content (AvgIpc) is 2.52. The van der Waals surface area contributed by atoms with E-state index in [0.29, 0.717) is 0 Å². The zero-order valence-corrected chi connectivity index (χ0v) is 13.4. The number of aliphatic hydroxyl groups is 1. The Morgan fingerprint density at radius 2 is 2.00 bits per heavy atom. The Labute approximate surface area is 128 Å². The summed E-state index contributed by atoms with van der Waals surface area (Å²) in [5.74, 6) is 1.62. The normalized spacial score (nSPS) is 10.6. The highest BCUT2D eigenvalue weighted by Crippen LogP contribution is 2.31. The number of benzene rings is 1. The molecule has 0 heterocycles. The molecule has 2 N–H and O–H groups in total. The van der Waals surface area contributed by atoms with E-state index in [1.165, 1.54) is 19.3 Å². The van der Waals surface area contributed by atoms with E-state index in [0.717, 1.165) is 49.6 Å². The third kappa shape index (κ3) is 6.82. The summed E-state index contributed by atoms with van der Waals surface area (Å²) in [4.78, 5) is 0. The summed E-state index contributed by atoms with van der Waals surface area (Å²) in [7, 11) is 1.67. The monoisotopic (exact) mass is 295 g/mol. The van der Waals surface area contributed by atoms with Crippen LogP contribution >= 0.6 is 0 Å². The Morgan fingerprint density at radius 1 is 1.14 bits per heavy atom. The maximum Gasteiger partial charge on any atom is 0.165 e. The number of hydrogen-bond donors (Lipinski definition) is 2. The first-order valence-electron chi connectivity index (χ1n) is 7.93. The number of ether oxygens (including phenoxy) is 2.